The Morgan fingerprint density at radius 3 is 2.26 bits per heavy atom. The summed E-state index contributed by atoms with van der Waals surface area (Å²) >= 11 is 1.54. The van der Waals surface area contributed by atoms with Crippen molar-refractivity contribution in [3.63, 3.8) is 0 Å². The number of benzene rings is 2. The molecule has 2 N–H and O–H groups in total. The highest BCUT2D eigenvalue weighted by molar-refractivity contribution is 7.97. The predicted octanol–water partition coefficient (Wildman–Crippen LogP) is 7.04. The lowest BCUT2D eigenvalue weighted by Crippen LogP contribution is -2.10. The molecule has 0 saturated carbocycles. The zero-order chi connectivity index (χ0) is 25.1. The van der Waals surface area contributed by atoms with Gasteiger partial charge in [-0.3, -0.25) is 9.71 Å². The summed E-state index contributed by atoms with van der Waals surface area (Å²) in [6.07, 6.45) is 0. The molecule has 1 atom stereocenters. The molecule has 3 rings (SSSR count). The molecule has 0 aliphatic rings. The fraction of sp³-hybridized carbons (Fsp3) is 0.231. The third kappa shape index (κ3) is 7.07. The van der Waals surface area contributed by atoms with Crippen molar-refractivity contribution in [2.45, 2.75) is 31.7 Å². The highest BCUT2D eigenvalue weighted by Crippen LogP contribution is 2.34. The molecule has 0 aliphatic carbocycles. The van der Waals surface area contributed by atoms with E-state index in [4.69, 9.17) is 9.47 Å². The lowest BCUT2D eigenvalue weighted by atomic mass is 10.1. The normalized spacial score (nSPS) is 11.0. The Labute approximate surface area is 205 Å². The lowest BCUT2D eigenvalue weighted by Gasteiger charge is -2.15. The fourth-order valence-electron chi connectivity index (χ4n) is 2.97. The predicted molar refractivity (Wildman–Crippen MR) is 141 cm³/mol. The van der Waals surface area contributed by atoms with E-state index in [2.05, 4.69) is 40.2 Å². The van der Waals surface area contributed by atoms with E-state index in [-0.39, 0.29) is 11.9 Å². The quantitative estimate of drug-likeness (QED) is 0.184. The summed E-state index contributed by atoms with van der Waals surface area (Å²) in [5.74, 6) is 0.208. The minimum atomic E-state index is -0.684. The molecule has 0 fully saturated rings. The van der Waals surface area contributed by atoms with Crippen LogP contribution in [0, 0.1) is 5.95 Å². The number of aromatic nitrogens is 1. The number of anilines is 1. The molecule has 0 spiro atoms. The number of hydrogen-bond acceptors (Lipinski definition) is 7. The maximum atomic E-state index is 13.9. The van der Waals surface area contributed by atoms with Crippen molar-refractivity contribution in [1.82, 2.24) is 9.71 Å². The van der Waals surface area contributed by atoms with Gasteiger partial charge in [0.15, 0.2) is 0 Å². The number of methoxy groups -OCH3 is 2. The van der Waals surface area contributed by atoms with Crippen LogP contribution in [0.5, 0.6) is 11.6 Å². The zero-order valence-electron chi connectivity index (χ0n) is 20.2. The number of nitrogens with zero attached hydrogens (tertiary/aromatic N) is 2. The van der Waals surface area contributed by atoms with E-state index in [0.29, 0.717) is 16.9 Å². The number of hydrogen-bond donors (Lipinski definition) is 2. The number of halogens is 1. The highest BCUT2D eigenvalue weighted by atomic mass is 32.2. The van der Waals surface area contributed by atoms with Gasteiger partial charge in [-0.2, -0.15) is 9.37 Å². The topological polar surface area (TPSA) is 67.8 Å². The molecule has 8 heteroatoms. The molecule has 0 aliphatic heterocycles. The molecule has 0 bridgehead atoms. The van der Waals surface area contributed by atoms with Gasteiger partial charge >= 0.3 is 0 Å². The molecule has 34 heavy (non-hydrogen) atoms. The largest absolute Gasteiger partial charge is 0.497 e. The summed E-state index contributed by atoms with van der Waals surface area (Å²) in [5.41, 5.74) is 3.18. The maximum Gasteiger partial charge on any atom is 0.243 e. The molecule has 0 saturated heterocycles. The first kappa shape index (κ1) is 26.9. The van der Waals surface area contributed by atoms with Crippen LogP contribution in [-0.2, 0) is 0 Å². The van der Waals surface area contributed by atoms with Crippen LogP contribution in [0.25, 0.3) is 5.70 Å². The Morgan fingerprint density at radius 1 is 1.06 bits per heavy atom. The average Bonchev–Trinajstić information content (AvgIpc) is 2.88. The van der Waals surface area contributed by atoms with Gasteiger partial charge in [0, 0.05) is 34.0 Å². The standard InChI is InChI=1S/C24H25FN4O2S.C2H6/c1-15(17-6-10-19(30-4)11-7-17)29-32-20-12-8-18(9-13-20)27-16(2)21-14-22(25)28-24(31-5)23(21)26-3;1-2/h6-15,27,29H,2-3H2,1,4-5H3;1-2H3. The molecule has 1 heterocycles. The monoisotopic (exact) mass is 482 g/mol. The summed E-state index contributed by atoms with van der Waals surface area (Å²) in [6, 6.07) is 17.2. The van der Waals surface area contributed by atoms with E-state index in [1.54, 1.807) is 19.1 Å². The van der Waals surface area contributed by atoms with Gasteiger partial charge in [-0.1, -0.05) is 32.6 Å². The number of nitrogens with one attached hydrogen (secondary N) is 2. The van der Waals surface area contributed by atoms with E-state index >= 15 is 0 Å². The van der Waals surface area contributed by atoms with Gasteiger partial charge in [-0.15, -0.1) is 0 Å². The molecule has 180 valence electrons. The van der Waals surface area contributed by atoms with Crippen molar-refractivity contribution in [2.24, 2.45) is 4.99 Å². The van der Waals surface area contributed by atoms with Gasteiger partial charge in [-0.05, 0) is 67.6 Å². The molecule has 0 amide bonds. The molecular weight excluding hydrogens is 451 g/mol. The Kier molecular flexibility index (Phi) is 10.6. The van der Waals surface area contributed by atoms with Gasteiger partial charge in [0.1, 0.15) is 11.4 Å². The van der Waals surface area contributed by atoms with Gasteiger partial charge in [-0.25, -0.2) is 0 Å². The molecule has 0 radical (unpaired) electrons. The molecule has 1 unspecified atom stereocenters. The number of rotatable bonds is 10. The smallest absolute Gasteiger partial charge is 0.243 e. The Morgan fingerprint density at radius 2 is 1.71 bits per heavy atom. The second-order valence-corrected chi connectivity index (χ2v) is 7.76. The Balaban J connectivity index is 0.00000199. The van der Waals surface area contributed by atoms with E-state index in [1.807, 2.05) is 62.4 Å². The van der Waals surface area contributed by atoms with Crippen molar-refractivity contribution >= 4 is 35.7 Å². The van der Waals surface area contributed by atoms with Gasteiger partial charge in [0.05, 0.1) is 14.2 Å². The van der Waals surface area contributed by atoms with Crippen molar-refractivity contribution in [3.05, 3.63) is 78.3 Å². The van der Waals surface area contributed by atoms with Gasteiger partial charge in [0.2, 0.25) is 11.8 Å². The van der Waals surface area contributed by atoms with Crippen LogP contribution >= 0.6 is 11.9 Å². The summed E-state index contributed by atoms with van der Waals surface area (Å²) in [7, 11) is 3.05. The van der Waals surface area contributed by atoms with Gasteiger partial charge in [0.25, 0.3) is 0 Å². The number of aliphatic imine (C=N–C) groups is 1. The minimum absolute atomic E-state index is 0.0572. The first-order valence-electron chi connectivity index (χ1n) is 10.8. The summed E-state index contributed by atoms with van der Waals surface area (Å²) in [6.45, 7) is 13.6. The molecule has 6 nitrogen and oxygen atoms in total. The van der Waals surface area contributed by atoms with Crippen LogP contribution in [0.4, 0.5) is 15.8 Å². The minimum Gasteiger partial charge on any atom is -0.497 e. The van der Waals surface area contributed by atoms with Crippen LogP contribution in [0.1, 0.15) is 37.9 Å². The van der Waals surface area contributed by atoms with E-state index < -0.39 is 5.95 Å². The number of pyridine rings is 1. The Bertz CT molecular complexity index is 1090. The zero-order valence-corrected chi connectivity index (χ0v) is 21.0. The second kappa shape index (κ2) is 13.4. The molecule has 3 aromatic rings. The Hall–Kier alpha value is -3.36. The van der Waals surface area contributed by atoms with Crippen molar-refractivity contribution < 1.29 is 13.9 Å². The molecule has 1 aromatic heterocycles. The fourth-order valence-corrected chi connectivity index (χ4v) is 3.70. The SMILES string of the molecule is C=Nc1c(C(=C)Nc2ccc(SNC(C)c3ccc(OC)cc3)cc2)cc(F)nc1OC.CC. The number of ether oxygens (including phenoxy) is 2. The van der Waals surface area contributed by atoms with Crippen LogP contribution < -0.4 is 19.5 Å². The molecular formula is C26H31FN4O2S. The van der Waals surface area contributed by atoms with E-state index in [9.17, 15) is 4.39 Å². The summed E-state index contributed by atoms with van der Waals surface area (Å²) in [5, 5.41) is 3.17. The van der Waals surface area contributed by atoms with Crippen molar-refractivity contribution in [1.29, 1.82) is 0 Å². The summed E-state index contributed by atoms with van der Waals surface area (Å²) < 4.78 is 27.6. The third-order valence-electron chi connectivity index (χ3n) is 4.72. The second-order valence-electron chi connectivity index (χ2n) is 6.85. The van der Waals surface area contributed by atoms with Crippen LogP contribution in [0.2, 0.25) is 0 Å². The van der Waals surface area contributed by atoms with Crippen molar-refractivity contribution in [3.8, 4) is 11.6 Å². The maximum absolute atomic E-state index is 13.9. The van der Waals surface area contributed by atoms with Crippen LogP contribution in [0.3, 0.4) is 0 Å². The lowest BCUT2D eigenvalue weighted by molar-refractivity contribution is 0.389. The van der Waals surface area contributed by atoms with Crippen LogP contribution in [0.15, 0.2) is 71.1 Å². The van der Waals surface area contributed by atoms with E-state index in [0.717, 1.165) is 16.3 Å². The summed E-state index contributed by atoms with van der Waals surface area (Å²) in [4.78, 5) is 8.64. The highest BCUT2D eigenvalue weighted by Gasteiger charge is 2.15. The average molecular weight is 483 g/mol. The van der Waals surface area contributed by atoms with Crippen molar-refractivity contribution in [2.75, 3.05) is 19.5 Å². The molecule has 2 aromatic carbocycles. The van der Waals surface area contributed by atoms with Crippen LogP contribution in [-0.4, -0.2) is 25.9 Å². The first-order chi connectivity index (χ1) is 16.4. The van der Waals surface area contributed by atoms with E-state index in [1.165, 1.54) is 18.7 Å². The van der Waals surface area contributed by atoms with Gasteiger partial charge < -0.3 is 14.8 Å². The third-order valence-corrected chi connectivity index (χ3v) is 5.70. The first-order valence-corrected chi connectivity index (χ1v) is 11.6.